The molecule has 1 aliphatic rings. The molecule has 4 aromatic rings. The third-order valence-corrected chi connectivity index (χ3v) is 7.84. The first-order valence-electron chi connectivity index (χ1n) is 13.5. The van der Waals surface area contributed by atoms with Crippen molar-refractivity contribution in [1.82, 2.24) is 14.9 Å². The van der Waals surface area contributed by atoms with Crippen LogP contribution in [-0.4, -0.2) is 31.6 Å². The number of pyridine rings is 1. The monoisotopic (exact) mass is 567 g/mol. The Morgan fingerprint density at radius 2 is 1.71 bits per heavy atom. The summed E-state index contributed by atoms with van der Waals surface area (Å²) in [5.74, 6) is -1.11. The van der Waals surface area contributed by atoms with Gasteiger partial charge in [-0.2, -0.15) is 0 Å². The molecule has 1 aliphatic heterocycles. The molecule has 0 spiro atoms. The summed E-state index contributed by atoms with van der Waals surface area (Å²) in [6.07, 6.45) is 1.78. The quantitative estimate of drug-likeness (QED) is 0.227. The molecule has 1 saturated heterocycles. The van der Waals surface area contributed by atoms with Gasteiger partial charge in [0.15, 0.2) is 5.11 Å². The molecule has 3 N–H and O–H groups in total. The summed E-state index contributed by atoms with van der Waals surface area (Å²) in [7, 11) is 0. The molecule has 0 aliphatic carbocycles. The summed E-state index contributed by atoms with van der Waals surface area (Å²) in [6.45, 7) is 9.82. The Kier molecular flexibility index (Phi) is 7.64. The number of carbonyl (C=O) groups is 2. The normalized spacial score (nSPS) is 16.6. The Labute approximate surface area is 245 Å². The molecule has 2 unspecified atom stereocenters. The van der Waals surface area contributed by atoms with Gasteiger partial charge in [-0.3, -0.25) is 9.78 Å². The number of carboxylic acid groups (broad SMARTS) is 1. The highest BCUT2D eigenvalue weighted by Gasteiger charge is 2.42. The van der Waals surface area contributed by atoms with Crippen LogP contribution in [-0.2, 0) is 4.79 Å². The van der Waals surface area contributed by atoms with Crippen molar-refractivity contribution in [1.29, 1.82) is 0 Å². The van der Waals surface area contributed by atoms with Crippen LogP contribution >= 0.6 is 12.2 Å². The van der Waals surface area contributed by atoms with E-state index in [-0.39, 0.29) is 29.5 Å². The predicted molar refractivity (Wildman–Crippen MR) is 165 cm³/mol. The van der Waals surface area contributed by atoms with Gasteiger partial charge in [-0.15, -0.1) is 0 Å². The van der Waals surface area contributed by atoms with Crippen LogP contribution < -0.4 is 15.5 Å². The molecule has 3 heterocycles. The van der Waals surface area contributed by atoms with E-state index in [1.807, 2.05) is 76.2 Å². The second-order valence-electron chi connectivity index (χ2n) is 10.7. The van der Waals surface area contributed by atoms with Gasteiger partial charge in [-0.25, -0.2) is 4.79 Å². The Morgan fingerprint density at radius 3 is 2.32 bits per heavy atom. The van der Waals surface area contributed by atoms with Crippen LogP contribution in [0.4, 0.5) is 11.4 Å². The highest BCUT2D eigenvalue weighted by Crippen LogP contribution is 2.44. The highest BCUT2D eigenvalue weighted by molar-refractivity contribution is 7.80. The van der Waals surface area contributed by atoms with Crippen LogP contribution in [0.25, 0.3) is 5.69 Å². The van der Waals surface area contributed by atoms with Crippen LogP contribution in [0.2, 0.25) is 0 Å². The lowest BCUT2D eigenvalue weighted by atomic mass is 9.96. The average Bonchev–Trinajstić information content (AvgIpc) is 3.44. The van der Waals surface area contributed by atoms with E-state index in [1.54, 1.807) is 18.3 Å². The van der Waals surface area contributed by atoms with E-state index < -0.39 is 5.97 Å². The molecule has 0 saturated carbocycles. The van der Waals surface area contributed by atoms with Gasteiger partial charge in [0.25, 0.3) is 0 Å². The number of aryl methyl sites for hydroxylation is 2. The SMILES string of the molecule is Cc1cc(N2C(=S)NC(c3ccccn3)C2c2cc(C)n(-c3ccc(C(=O)O)cc3)c2C)ccc1NC(=O)C(C)C. The minimum Gasteiger partial charge on any atom is -0.478 e. The maximum Gasteiger partial charge on any atom is 0.335 e. The standard InChI is InChI=1S/C32H33N5O3S/c1-18(2)30(38)34-26-14-13-24(16-19(26)3)37-29(28(35-32(37)41)27-8-6-7-15-33-27)25-17-20(4)36(21(25)5)23-11-9-22(10-12-23)31(39)40/h6-18,28-29H,1-5H3,(H,34,38)(H,35,41)(H,39,40). The molecular formula is C32H33N5O3S. The van der Waals surface area contributed by atoms with E-state index in [4.69, 9.17) is 12.2 Å². The average molecular weight is 568 g/mol. The zero-order chi connectivity index (χ0) is 29.4. The summed E-state index contributed by atoms with van der Waals surface area (Å²) in [5.41, 5.74) is 7.71. The van der Waals surface area contributed by atoms with Gasteiger partial charge < -0.3 is 25.2 Å². The first-order chi connectivity index (χ1) is 19.6. The molecule has 5 rings (SSSR count). The second kappa shape index (κ2) is 11.2. The summed E-state index contributed by atoms with van der Waals surface area (Å²) >= 11 is 5.93. The predicted octanol–water partition coefficient (Wildman–Crippen LogP) is 6.27. The fourth-order valence-corrected chi connectivity index (χ4v) is 5.75. The molecule has 8 nitrogen and oxygen atoms in total. The second-order valence-corrected chi connectivity index (χ2v) is 11.0. The number of hydrogen-bond donors (Lipinski definition) is 3. The van der Waals surface area contributed by atoms with Crippen molar-refractivity contribution in [3.63, 3.8) is 0 Å². The first kappa shape index (κ1) is 28.0. The number of nitrogens with one attached hydrogen (secondary N) is 2. The number of benzene rings is 2. The number of carboxylic acids is 1. The lowest BCUT2D eigenvalue weighted by Crippen LogP contribution is -2.29. The third kappa shape index (κ3) is 5.32. The van der Waals surface area contributed by atoms with Gasteiger partial charge in [-0.05, 0) is 105 Å². The van der Waals surface area contributed by atoms with Gasteiger partial charge in [0.1, 0.15) is 0 Å². The smallest absolute Gasteiger partial charge is 0.335 e. The number of anilines is 2. The Hall–Kier alpha value is -4.50. The van der Waals surface area contributed by atoms with Crippen molar-refractivity contribution in [3.8, 4) is 5.69 Å². The minimum absolute atomic E-state index is 0.0314. The van der Waals surface area contributed by atoms with Crippen molar-refractivity contribution in [2.75, 3.05) is 10.2 Å². The largest absolute Gasteiger partial charge is 0.478 e. The maximum atomic E-state index is 12.3. The van der Waals surface area contributed by atoms with E-state index in [9.17, 15) is 14.7 Å². The number of nitrogens with zero attached hydrogens (tertiary/aromatic N) is 3. The van der Waals surface area contributed by atoms with Crippen LogP contribution in [0.15, 0.2) is 72.9 Å². The molecule has 41 heavy (non-hydrogen) atoms. The number of aromatic nitrogens is 2. The lowest BCUT2D eigenvalue weighted by molar-refractivity contribution is -0.118. The van der Waals surface area contributed by atoms with Crippen LogP contribution in [0.3, 0.4) is 0 Å². The number of carbonyl (C=O) groups excluding carboxylic acids is 1. The van der Waals surface area contributed by atoms with Crippen molar-refractivity contribution in [2.24, 2.45) is 5.92 Å². The lowest BCUT2D eigenvalue weighted by Gasteiger charge is -2.29. The van der Waals surface area contributed by atoms with Crippen LogP contribution in [0.1, 0.15) is 64.5 Å². The summed E-state index contributed by atoms with van der Waals surface area (Å²) < 4.78 is 2.13. The summed E-state index contributed by atoms with van der Waals surface area (Å²) in [5, 5.41) is 16.5. The van der Waals surface area contributed by atoms with E-state index in [0.29, 0.717) is 5.11 Å². The van der Waals surface area contributed by atoms with Crippen molar-refractivity contribution >= 4 is 40.6 Å². The fraction of sp³-hybridized carbons (Fsp3) is 0.250. The number of amides is 1. The highest BCUT2D eigenvalue weighted by atomic mass is 32.1. The minimum atomic E-state index is -0.956. The summed E-state index contributed by atoms with van der Waals surface area (Å²) in [6, 6.07) is 20.4. The van der Waals surface area contributed by atoms with Crippen molar-refractivity contribution in [2.45, 2.75) is 46.7 Å². The van der Waals surface area contributed by atoms with Gasteiger partial charge in [0, 0.05) is 40.6 Å². The molecule has 2 aromatic carbocycles. The molecule has 2 atom stereocenters. The van der Waals surface area contributed by atoms with E-state index in [1.165, 1.54) is 0 Å². The van der Waals surface area contributed by atoms with Crippen LogP contribution in [0.5, 0.6) is 0 Å². The molecular weight excluding hydrogens is 534 g/mol. The zero-order valence-corrected chi connectivity index (χ0v) is 24.5. The van der Waals surface area contributed by atoms with Gasteiger partial charge in [-0.1, -0.05) is 19.9 Å². The van der Waals surface area contributed by atoms with Crippen molar-refractivity contribution in [3.05, 3.63) is 107 Å². The van der Waals surface area contributed by atoms with E-state index >= 15 is 0 Å². The molecule has 1 amide bonds. The molecule has 2 aromatic heterocycles. The maximum absolute atomic E-state index is 12.3. The number of rotatable bonds is 7. The first-order valence-corrected chi connectivity index (χ1v) is 13.9. The molecule has 0 bridgehead atoms. The zero-order valence-electron chi connectivity index (χ0n) is 23.7. The molecule has 210 valence electrons. The van der Waals surface area contributed by atoms with E-state index in [2.05, 4.69) is 38.1 Å². The van der Waals surface area contributed by atoms with Gasteiger partial charge in [0.05, 0.1) is 23.3 Å². The molecule has 1 fully saturated rings. The molecule has 0 radical (unpaired) electrons. The van der Waals surface area contributed by atoms with Gasteiger partial charge >= 0.3 is 5.97 Å². The topological polar surface area (TPSA) is 99.5 Å². The fourth-order valence-electron chi connectivity index (χ4n) is 5.40. The molecule has 9 heteroatoms. The summed E-state index contributed by atoms with van der Waals surface area (Å²) in [4.78, 5) is 30.5. The van der Waals surface area contributed by atoms with Crippen LogP contribution in [0, 0.1) is 26.7 Å². The Morgan fingerprint density at radius 1 is 1.00 bits per heavy atom. The van der Waals surface area contributed by atoms with Crippen molar-refractivity contribution < 1.29 is 14.7 Å². The Balaban J connectivity index is 1.60. The number of hydrogen-bond acceptors (Lipinski definition) is 4. The third-order valence-electron chi connectivity index (χ3n) is 7.53. The van der Waals surface area contributed by atoms with Gasteiger partial charge in [0.2, 0.25) is 5.91 Å². The Bertz CT molecular complexity index is 1630. The number of aromatic carboxylic acids is 1. The number of thiocarbonyl (C=S) groups is 1. The van der Waals surface area contributed by atoms with E-state index in [0.717, 1.165) is 45.3 Å².